The molecular formula is C22H35N3O. The molecule has 0 spiro atoms. The van der Waals surface area contributed by atoms with Crippen molar-refractivity contribution in [3.8, 4) is 0 Å². The van der Waals surface area contributed by atoms with Crippen LogP contribution in [0.5, 0.6) is 0 Å². The van der Waals surface area contributed by atoms with Gasteiger partial charge in [0.15, 0.2) is 0 Å². The van der Waals surface area contributed by atoms with Gasteiger partial charge in [0, 0.05) is 31.4 Å². The number of hydrogen-bond donors (Lipinski definition) is 1. The third-order valence-electron chi connectivity index (χ3n) is 5.69. The molecule has 2 aliphatic heterocycles. The first-order valence-electron chi connectivity index (χ1n) is 10.2. The van der Waals surface area contributed by atoms with Gasteiger partial charge in [0.2, 0.25) is 5.91 Å². The van der Waals surface area contributed by atoms with E-state index in [0.29, 0.717) is 23.9 Å². The molecule has 1 N–H and O–H groups in total. The van der Waals surface area contributed by atoms with Crippen LogP contribution in [0.1, 0.15) is 46.5 Å². The van der Waals surface area contributed by atoms with E-state index in [1.165, 1.54) is 24.9 Å². The number of benzene rings is 1. The smallest absolute Gasteiger partial charge is 0.234 e. The summed E-state index contributed by atoms with van der Waals surface area (Å²) < 4.78 is 0. The first kappa shape index (κ1) is 19.2. The topological polar surface area (TPSA) is 35.6 Å². The molecule has 2 heterocycles. The fraction of sp³-hybridized carbons (Fsp3) is 0.682. The van der Waals surface area contributed by atoms with Gasteiger partial charge in [-0.2, -0.15) is 0 Å². The van der Waals surface area contributed by atoms with Crippen LogP contribution in [0.3, 0.4) is 0 Å². The summed E-state index contributed by atoms with van der Waals surface area (Å²) in [5.41, 5.74) is 1.62. The number of para-hydroxylation sites is 1. The van der Waals surface area contributed by atoms with Crippen molar-refractivity contribution >= 4 is 11.6 Å². The van der Waals surface area contributed by atoms with Crippen molar-refractivity contribution < 1.29 is 4.79 Å². The number of amides is 1. The molecule has 1 aromatic rings. The predicted octanol–water partition coefficient (Wildman–Crippen LogP) is 3.53. The highest BCUT2D eigenvalue weighted by Gasteiger charge is 2.30. The maximum atomic E-state index is 12.5. The second kappa shape index (κ2) is 8.43. The molecule has 3 rings (SSSR count). The SMILES string of the molecule is CC(C)(C)C[C@@H]1CCCN1CC(=O)NC[C@H]1CCN(c2ccccc2)C1. The summed E-state index contributed by atoms with van der Waals surface area (Å²) in [6, 6.07) is 11.2. The van der Waals surface area contributed by atoms with E-state index in [0.717, 1.165) is 32.6 Å². The summed E-state index contributed by atoms with van der Waals surface area (Å²) in [7, 11) is 0. The molecular weight excluding hydrogens is 322 g/mol. The molecule has 0 aromatic heterocycles. The van der Waals surface area contributed by atoms with Gasteiger partial charge in [-0.1, -0.05) is 39.0 Å². The average Bonchev–Trinajstić information content (AvgIpc) is 3.22. The Kier molecular flexibility index (Phi) is 6.23. The van der Waals surface area contributed by atoms with Gasteiger partial charge in [-0.05, 0) is 55.7 Å². The van der Waals surface area contributed by atoms with Gasteiger partial charge in [0.1, 0.15) is 0 Å². The lowest BCUT2D eigenvalue weighted by molar-refractivity contribution is -0.122. The molecule has 1 aromatic carbocycles. The van der Waals surface area contributed by atoms with Crippen molar-refractivity contribution in [2.45, 2.75) is 52.5 Å². The maximum absolute atomic E-state index is 12.5. The highest BCUT2D eigenvalue weighted by molar-refractivity contribution is 5.78. The normalized spacial score (nSPS) is 24.2. The molecule has 4 heteroatoms. The van der Waals surface area contributed by atoms with Gasteiger partial charge < -0.3 is 10.2 Å². The van der Waals surface area contributed by atoms with Crippen LogP contribution in [-0.2, 0) is 4.79 Å². The fourth-order valence-electron chi connectivity index (χ4n) is 4.41. The standard InChI is InChI=1S/C22H35N3O/c1-22(2,3)14-20-10-7-12-24(20)17-21(26)23-15-18-11-13-25(16-18)19-8-5-4-6-9-19/h4-6,8-9,18,20H,7,10-17H2,1-3H3,(H,23,26)/t18-,20+/m1/s1. The zero-order chi connectivity index (χ0) is 18.6. The number of likely N-dealkylation sites (tertiary alicyclic amines) is 1. The van der Waals surface area contributed by atoms with Crippen LogP contribution < -0.4 is 10.2 Å². The van der Waals surface area contributed by atoms with E-state index >= 15 is 0 Å². The first-order chi connectivity index (χ1) is 12.4. The fourth-order valence-corrected chi connectivity index (χ4v) is 4.41. The van der Waals surface area contributed by atoms with Crippen molar-refractivity contribution in [2.75, 3.05) is 37.6 Å². The summed E-state index contributed by atoms with van der Waals surface area (Å²) in [6.45, 7) is 11.5. The zero-order valence-electron chi connectivity index (χ0n) is 16.7. The number of carbonyl (C=O) groups excluding carboxylic acids is 1. The van der Waals surface area contributed by atoms with E-state index in [-0.39, 0.29) is 5.91 Å². The largest absolute Gasteiger partial charge is 0.371 e. The second-order valence-corrected chi connectivity index (χ2v) is 9.27. The molecule has 2 fully saturated rings. The minimum atomic E-state index is 0.198. The molecule has 0 aliphatic carbocycles. The quantitative estimate of drug-likeness (QED) is 0.846. The summed E-state index contributed by atoms with van der Waals surface area (Å²) >= 11 is 0. The highest BCUT2D eigenvalue weighted by Crippen LogP contribution is 2.29. The van der Waals surface area contributed by atoms with Gasteiger partial charge in [-0.3, -0.25) is 9.69 Å². The van der Waals surface area contributed by atoms with Crippen LogP contribution in [0, 0.1) is 11.3 Å². The van der Waals surface area contributed by atoms with Crippen LogP contribution in [0.25, 0.3) is 0 Å². The highest BCUT2D eigenvalue weighted by atomic mass is 16.2. The monoisotopic (exact) mass is 357 g/mol. The Hall–Kier alpha value is -1.55. The molecule has 2 aliphatic rings. The van der Waals surface area contributed by atoms with Gasteiger partial charge >= 0.3 is 0 Å². The minimum Gasteiger partial charge on any atom is -0.371 e. The molecule has 0 bridgehead atoms. The maximum Gasteiger partial charge on any atom is 0.234 e. The lowest BCUT2D eigenvalue weighted by Gasteiger charge is -2.30. The Morgan fingerprint density at radius 3 is 2.65 bits per heavy atom. The van der Waals surface area contributed by atoms with Crippen molar-refractivity contribution in [2.24, 2.45) is 11.3 Å². The first-order valence-corrected chi connectivity index (χ1v) is 10.2. The van der Waals surface area contributed by atoms with Crippen molar-refractivity contribution in [1.29, 1.82) is 0 Å². The summed E-state index contributed by atoms with van der Waals surface area (Å²) in [5, 5.41) is 3.20. The molecule has 2 atom stereocenters. The van der Waals surface area contributed by atoms with Crippen molar-refractivity contribution in [3.05, 3.63) is 30.3 Å². The van der Waals surface area contributed by atoms with E-state index in [1.54, 1.807) is 0 Å². The van der Waals surface area contributed by atoms with Crippen molar-refractivity contribution in [1.82, 2.24) is 10.2 Å². The van der Waals surface area contributed by atoms with Gasteiger partial charge in [-0.25, -0.2) is 0 Å². The van der Waals surface area contributed by atoms with Crippen LogP contribution in [0.4, 0.5) is 5.69 Å². The molecule has 0 radical (unpaired) electrons. The van der Waals surface area contributed by atoms with Gasteiger partial charge in [-0.15, -0.1) is 0 Å². The number of carbonyl (C=O) groups is 1. The van der Waals surface area contributed by atoms with Crippen LogP contribution in [0.15, 0.2) is 30.3 Å². The lowest BCUT2D eigenvalue weighted by atomic mass is 9.87. The van der Waals surface area contributed by atoms with E-state index in [2.05, 4.69) is 66.2 Å². The number of nitrogens with one attached hydrogen (secondary N) is 1. The Labute approximate surface area is 158 Å². The molecule has 2 saturated heterocycles. The predicted molar refractivity (Wildman–Crippen MR) is 108 cm³/mol. The number of nitrogens with zero attached hydrogens (tertiary/aromatic N) is 2. The van der Waals surface area contributed by atoms with E-state index in [1.807, 2.05) is 0 Å². The van der Waals surface area contributed by atoms with Crippen LogP contribution in [-0.4, -0.2) is 49.6 Å². The Morgan fingerprint density at radius 1 is 1.15 bits per heavy atom. The number of rotatable bonds is 6. The second-order valence-electron chi connectivity index (χ2n) is 9.27. The van der Waals surface area contributed by atoms with E-state index < -0.39 is 0 Å². The Morgan fingerprint density at radius 2 is 1.92 bits per heavy atom. The molecule has 0 unspecified atom stereocenters. The summed E-state index contributed by atoms with van der Waals surface area (Å²) in [6.07, 6.45) is 4.79. The van der Waals surface area contributed by atoms with E-state index in [4.69, 9.17) is 0 Å². The number of anilines is 1. The number of hydrogen-bond acceptors (Lipinski definition) is 3. The third-order valence-corrected chi connectivity index (χ3v) is 5.69. The molecule has 4 nitrogen and oxygen atoms in total. The third kappa shape index (κ3) is 5.47. The average molecular weight is 358 g/mol. The molecule has 144 valence electrons. The lowest BCUT2D eigenvalue weighted by Crippen LogP contribution is -2.42. The van der Waals surface area contributed by atoms with Gasteiger partial charge in [0.25, 0.3) is 0 Å². The Bertz CT molecular complexity index is 581. The molecule has 0 saturated carbocycles. The summed E-state index contributed by atoms with van der Waals surface area (Å²) in [4.78, 5) is 17.3. The van der Waals surface area contributed by atoms with E-state index in [9.17, 15) is 4.79 Å². The molecule has 1 amide bonds. The van der Waals surface area contributed by atoms with Crippen LogP contribution in [0.2, 0.25) is 0 Å². The summed E-state index contributed by atoms with van der Waals surface area (Å²) in [5.74, 6) is 0.757. The zero-order valence-corrected chi connectivity index (χ0v) is 16.7. The molecule has 26 heavy (non-hydrogen) atoms. The Balaban J connectivity index is 1.40. The van der Waals surface area contributed by atoms with Crippen LogP contribution >= 0.6 is 0 Å². The minimum absolute atomic E-state index is 0.198. The van der Waals surface area contributed by atoms with Crippen molar-refractivity contribution in [3.63, 3.8) is 0 Å². The van der Waals surface area contributed by atoms with Gasteiger partial charge in [0.05, 0.1) is 6.54 Å².